The van der Waals surface area contributed by atoms with Gasteiger partial charge in [0.05, 0.1) is 27.4 Å². The largest absolute Gasteiger partial charge is 0.494 e. The fourth-order valence-electron chi connectivity index (χ4n) is 3.45. The van der Waals surface area contributed by atoms with E-state index in [1.165, 1.54) is 48.5 Å². The molecule has 166 valence electrons. The van der Waals surface area contributed by atoms with Crippen molar-refractivity contribution in [1.82, 2.24) is 4.57 Å². The van der Waals surface area contributed by atoms with Crippen molar-refractivity contribution in [3.63, 3.8) is 0 Å². The van der Waals surface area contributed by atoms with Gasteiger partial charge in [0.2, 0.25) is 5.88 Å². The fraction of sp³-hybridized carbons (Fsp3) is 0.0435. The zero-order chi connectivity index (χ0) is 23.8. The Morgan fingerprint density at radius 2 is 1.64 bits per heavy atom. The minimum Gasteiger partial charge on any atom is -0.494 e. The lowest BCUT2D eigenvalue weighted by molar-refractivity contribution is -0.384. The van der Waals surface area contributed by atoms with E-state index in [1.807, 2.05) is 0 Å². The van der Waals surface area contributed by atoms with Crippen LogP contribution in [0, 0.1) is 10.1 Å². The van der Waals surface area contributed by atoms with Gasteiger partial charge in [-0.25, -0.2) is 4.57 Å². The number of para-hydroxylation sites is 1. The van der Waals surface area contributed by atoms with E-state index in [0.717, 1.165) is 18.3 Å². The molecule has 0 saturated heterocycles. The van der Waals surface area contributed by atoms with E-state index in [2.05, 4.69) is 4.99 Å². The third kappa shape index (κ3) is 4.05. The second-order valence-electron chi connectivity index (χ2n) is 6.97. The number of hydrogen-bond acceptors (Lipinski definition) is 5. The number of non-ortho nitro benzene ring substituents is 1. The van der Waals surface area contributed by atoms with E-state index in [1.54, 1.807) is 12.1 Å². The number of nitrogens with zero attached hydrogens (tertiary/aromatic N) is 3. The molecule has 0 aliphatic heterocycles. The van der Waals surface area contributed by atoms with E-state index in [4.69, 9.17) is 0 Å². The van der Waals surface area contributed by atoms with Crippen molar-refractivity contribution in [2.45, 2.75) is 6.18 Å². The predicted molar refractivity (Wildman–Crippen MR) is 117 cm³/mol. The molecule has 1 aromatic heterocycles. The number of nitro groups is 1. The molecule has 10 heteroatoms. The van der Waals surface area contributed by atoms with Gasteiger partial charge >= 0.3 is 6.18 Å². The smallest absolute Gasteiger partial charge is 0.418 e. The first-order chi connectivity index (χ1) is 15.7. The molecule has 0 aliphatic carbocycles. The summed E-state index contributed by atoms with van der Waals surface area (Å²) in [5.74, 6) is -0.746. The van der Waals surface area contributed by atoms with Crippen molar-refractivity contribution in [1.29, 1.82) is 0 Å². The highest BCUT2D eigenvalue weighted by atomic mass is 19.4. The number of aliphatic imine (C=N–C) groups is 1. The highest BCUT2D eigenvalue weighted by Gasteiger charge is 2.34. The lowest BCUT2D eigenvalue weighted by Crippen LogP contribution is -2.23. The predicted octanol–water partition coefficient (Wildman–Crippen LogP) is 5.37. The number of halogens is 3. The number of nitro benzene ring substituents is 1. The molecular formula is C23H14F3N3O4. The minimum atomic E-state index is -4.77. The fourth-order valence-corrected chi connectivity index (χ4v) is 3.45. The standard InChI is InChI=1S/C23H14F3N3O4/c24-23(25,26)19-10-3-4-11-20(19)28-21(30)17-9-2-1-8-16(17)18(22(28)31)13-27-14-6-5-7-15(12-14)29(32)33/h1-13,31H. The first-order valence-electron chi connectivity index (χ1n) is 9.50. The topological polar surface area (TPSA) is 97.7 Å². The van der Waals surface area contributed by atoms with Crippen LogP contribution in [-0.2, 0) is 6.18 Å². The van der Waals surface area contributed by atoms with Crippen molar-refractivity contribution < 1.29 is 23.2 Å². The van der Waals surface area contributed by atoms with E-state index in [-0.39, 0.29) is 27.7 Å². The molecule has 4 aromatic rings. The van der Waals surface area contributed by atoms with Crippen LogP contribution in [-0.4, -0.2) is 20.8 Å². The van der Waals surface area contributed by atoms with Gasteiger partial charge in [-0.2, -0.15) is 13.2 Å². The molecule has 3 aromatic carbocycles. The number of aromatic hydroxyl groups is 1. The van der Waals surface area contributed by atoms with E-state index < -0.39 is 33.8 Å². The monoisotopic (exact) mass is 453 g/mol. The molecule has 7 nitrogen and oxygen atoms in total. The maximum absolute atomic E-state index is 13.6. The van der Waals surface area contributed by atoms with Gasteiger partial charge in [0, 0.05) is 29.1 Å². The van der Waals surface area contributed by atoms with Gasteiger partial charge in [-0.05, 0) is 24.3 Å². The molecule has 0 unspecified atom stereocenters. The summed E-state index contributed by atoms with van der Waals surface area (Å²) in [6.45, 7) is 0. The van der Waals surface area contributed by atoms with Crippen LogP contribution in [0.25, 0.3) is 16.5 Å². The molecule has 0 saturated carbocycles. The molecule has 33 heavy (non-hydrogen) atoms. The molecule has 0 aliphatic rings. The summed E-state index contributed by atoms with van der Waals surface area (Å²) in [7, 11) is 0. The number of alkyl halides is 3. The lowest BCUT2D eigenvalue weighted by atomic mass is 10.1. The summed E-state index contributed by atoms with van der Waals surface area (Å²) in [5.41, 5.74) is -2.52. The summed E-state index contributed by atoms with van der Waals surface area (Å²) in [6.07, 6.45) is -3.62. The molecule has 0 atom stereocenters. The summed E-state index contributed by atoms with van der Waals surface area (Å²) in [5, 5.41) is 22.2. The third-order valence-electron chi connectivity index (χ3n) is 4.94. The SMILES string of the molecule is O=c1c2ccccc2c(C=Nc2cccc([N+](=O)[O-])c2)c(O)n1-c1ccccc1C(F)(F)F. The molecular weight excluding hydrogens is 439 g/mol. The molecule has 1 N–H and O–H groups in total. The van der Waals surface area contributed by atoms with Crippen LogP contribution in [0.3, 0.4) is 0 Å². The molecule has 0 fully saturated rings. The quantitative estimate of drug-likeness (QED) is 0.255. The average molecular weight is 453 g/mol. The second kappa shape index (κ2) is 8.23. The van der Waals surface area contributed by atoms with E-state index >= 15 is 0 Å². The molecule has 0 spiro atoms. The lowest BCUT2D eigenvalue weighted by Gasteiger charge is -2.18. The molecule has 1 heterocycles. The number of hydrogen-bond donors (Lipinski definition) is 1. The van der Waals surface area contributed by atoms with Crippen LogP contribution in [0.15, 0.2) is 82.6 Å². The van der Waals surface area contributed by atoms with Crippen molar-refractivity contribution in [2.75, 3.05) is 0 Å². The Bertz CT molecular complexity index is 1480. The summed E-state index contributed by atoms with van der Waals surface area (Å²) in [4.78, 5) is 27.6. The van der Waals surface area contributed by atoms with Gasteiger partial charge in [-0.15, -0.1) is 0 Å². The molecule has 4 rings (SSSR count). The first-order valence-corrected chi connectivity index (χ1v) is 9.50. The number of aromatic nitrogens is 1. The normalized spacial score (nSPS) is 11.8. The van der Waals surface area contributed by atoms with Gasteiger partial charge < -0.3 is 5.11 Å². The number of rotatable bonds is 4. The minimum absolute atomic E-state index is 0.0197. The Balaban J connectivity index is 1.99. The van der Waals surface area contributed by atoms with Gasteiger partial charge in [0.1, 0.15) is 0 Å². The second-order valence-corrected chi connectivity index (χ2v) is 6.97. The third-order valence-corrected chi connectivity index (χ3v) is 4.94. The van der Waals surface area contributed by atoms with Gasteiger partial charge in [-0.1, -0.05) is 36.4 Å². The highest BCUT2D eigenvalue weighted by molar-refractivity contribution is 6.02. The molecule has 0 radical (unpaired) electrons. The van der Waals surface area contributed by atoms with Crippen LogP contribution in [0.4, 0.5) is 24.5 Å². The zero-order valence-corrected chi connectivity index (χ0v) is 16.7. The van der Waals surface area contributed by atoms with Crippen molar-refractivity contribution >= 4 is 28.4 Å². The van der Waals surface area contributed by atoms with Crippen LogP contribution in [0.5, 0.6) is 5.88 Å². The van der Waals surface area contributed by atoms with Crippen LogP contribution < -0.4 is 5.56 Å². The number of pyridine rings is 1. The summed E-state index contributed by atoms with van der Waals surface area (Å²) in [6, 6.07) is 15.9. The van der Waals surface area contributed by atoms with Gasteiger partial charge in [0.15, 0.2) is 0 Å². The maximum Gasteiger partial charge on any atom is 0.418 e. The van der Waals surface area contributed by atoms with Crippen LogP contribution in [0.1, 0.15) is 11.1 Å². The highest BCUT2D eigenvalue weighted by Crippen LogP contribution is 2.36. The van der Waals surface area contributed by atoms with Gasteiger partial charge in [0.25, 0.3) is 11.2 Å². The first kappa shape index (κ1) is 21.8. The van der Waals surface area contributed by atoms with Crippen molar-refractivity contribution in [3.8, 4) is 11.6 Å². The summed E-state index contributed by atoms with van der Waals surface area (Å²) < 4.78 is 41.4. The Morgan fingerprint density at radius 3 is 2.33 bits per heavy atom. The van der Waals surface area contributed by atoms with Crippen LogP contribution in [0.2, 0.25) is 0 Å². The summed E-state index contributed by atoms with van der Waals surface area (Å²) >= 11 is 0. The van der Waals surface area contributed by atoms with Crippen molar-refractivity contribution in [3.05, 3.63) is 104 Å². The van der Waals surface area contributed by atoms with Crippen molar-refractivity contribution in [2.24, 2.45) is 4.99 Å². The number of fused-ring (bicyclic) bond motifs is 1. The number of benzene rings is 3. The maximum atomic E-state index is 13.6. The Labute approximate surface area is 183 Å². The zero-order valence-electron chi connectivity index (χ0n) is 16.7. The van der Waals surface area contributed by atoms with E-state index in [9.17, 15) is 33.2 Å². The van der Waals surface area contributed by atoms with E-state index in [0.29, 0.717) is 4.57 Å². The average Bonchev–Trinajstić information content (AvgIpc) is 2.79. The van der Waals surface area contributed by atoms with Gasteiger partial charge in [-0.3, -0.25) is 19.9 Å². The molecule has 0 amide bonds. The Morgan fingerprint density at radius 1 is 0.970 bits per heavy atom. The Hall–Kier alpha value is -4.47. The Kier molecular flexibility index (Phi) is 5.42. The molecule has 0 bridgehead atoms. The van der Waals surface area contributed by atoms with Crippen LogP contribution >= 0.6 is 0 Å².